The molecule has 6 heteroatoms. The maximum absolute atomic E-state index is 12.5. The third kappa shape index (κ3) is 6.67. The van der Waals surface area contributed by atoms with Crippen molar-refractivity contribution >= 4 is 11.9 Å². The van der Waals surface area contributed by atoms with Crippen molar-refractivity contribution in [2.24, 2.45) is 10.9 Å². The van der Waals surface area contributed by atoms with Crippen molar-refractivity contribution in [1.82, 2.24) is 15.5 Å². The molecule has 144 valence electrons. The molecule has 0 saturated carbocycles. The second kappa shape index (κ2) is 10.8. The number of amides is 1. The van der Waals surface area contributed by atoms with E-state index in [1.807, 2.05) is 11.8 Å². The number of carbonyl (C=O) groups excluding carboxylic acids is 1. The largest absolute Gasteiger partial charge is 0.383 e. The van der Waals surface area contributed by atoms with Crippen LogP contribution in [0.15, 0.2) is 35.3 Å². The number of hydrogen-bond donors (Lipinski definition) is 2. The van der Waals surface area contributed by atoms with Gasteiger partial charge in [-0.05, 0) is 37.7 Å². The number of carbonyl (C=O) groups is 1. The lowest BCUT2D eigenvalue weighted by Gasteiger charge is -2.32. The van der Waals surface area contributed by atoms with Gasteiger partial charge in [-0.3, -0.25) is 9.79 Å². The van der Waals surface area contributed by atoms with Crippen molar-refractivity contribution < 1.29 is 9.53 Å². The van der Waals surface area contributed by atoms with Gasteiger partial charge in [-0.2, -0.15) is 0 Å². The molecule has 0 radical (unpaired) electrons. The topological polar surface area (TPSA) is 66.0 Å². The molecule has 1 fully saturated rings. The molecule has 2 rings (SSSR count). The molecular weight excluding hydrogens is 328 g/mol. The number of benzene rings is 1. The molecule has 1 amide bonds. The molecule has 1 aromatic carbocycles. The first-order valence-electron chi connectivity index (χ1n) is 9.40. The van der Waals surface area contributed by atoms with Gasteiger partial charge in [-0.25, -0.2) is 0 Å². The number of rotatable bonds is 7. The summed E-state index contributed by atoms with van der Waals surface area (Å²) in [6, 6.07) is 10.7. The molecule has 1 aromatic rings. The summed E-state index contributed by atoms with van der Waals surface area (Å²) in [5.74, 6) is 1.42. The van der Waals surface area contributed by atoms with E-state index in [9.17, 15) is 4.79 Å². The summed E-state index contributed by atoms with van der Waals surface area (Å²) in [5, 5.41) is 6.30. The Hall–Kier alpha value is -2.08. The fourth-order valence-corrected chi connectivity index (χ4v) is 3.32. The van der Waals surface area contributed by atoms with Gasteiger partial charge in [-0.1, -0.05) is 30.3 Å². The molecule has 1 heterocycles. The summed E-state index contributed by atoms with van der Waals surface area (Å²) in [7, 11) is 3.37. The highest BCUT2D eigenvalue weighted by Gasteiger charge is 2.23. The summed E-state index contributed by atoms with van der Waals surface area (Å²) in [6.07, 6.45) is 3.24. The fraction of sp³-hybridized carbons (Fsp3) is 0.600. The lowest BCUT2D eigenvalue weighted by molar-refractivity contribution is -0.131. The molecule has 1 aliphatic rings. The number of aliphatic imine (C=N–C) groups is 1. The summed E-state index contributed by atoms with van der Waals surface area (Å²) in [5.41, 5.74) is 1.39. The zero-order valence-electron chi connectivity index (χ0n) is 16.2. The Morgan fingerprint density at radius 2 is 2.00 bits per heavy atom. The average molecular weight is 361 g/mol. The number of nitrogens with one attached hydrogen (secondary N) is 2. The number of hydrogen-bond acceptors (Lipinski definition) is 3. The normalized spacial score (nSPS) is 17.0. The first-order valence-corrected chi connectivity index (χ1v) is 9.40. The Morgan fingerprint density at radius 1 is 1.31 bits per heavy atom. The van der Waals surface area contributed by atoms with E-state index in [-0.39, 0.29) is 18.5 Å². The van der Waals surface area contributed by atoms with E-state index in [2.05, 4.69) is 46.0 Å². The molecule has 6 nitrogen and oxygen atoms in total. The minimum absolute atomic E-state index is 0.130. The minimum atomic E-state index is 0.130. The molecule has 0 bridgehead atoms. The molecule has 0 spiro atoms. The molecule has 1 saturated heterocycles. The quantitative estimate of drug-likeness (QED) is 0.573. The van der Waals surface area contributed by atoms with Crippen LogP contribution < -0.4 is 10.6 Å². The van der Waals surface area contributed by atoms with Crippen molar-refractivity contribution in [3.05, 3.63) is 35.9 Å². The summed E-state index contributed by atoms with van der Waals surface area (Å²) in [6.45, 7) is 4.54. The van der Waals surface area contributed by atoms with Gasteiger partial charge in [0.2, 0.25) is 5.91 Å². The van der Waals surface area contributed by atoms with E-state index in [0.717, 1.165) is 32.4 Å². The number of piperidine rings is 1. The maximum Gasteiger partial charge on any atom is 0.241 e. The zero-order chi connectivity index (χ0) is 18.8. The highest BCUT2D eigenvalue weighted by Crippen LogP contribution is 2.21. The Balaban J connectivity index is 1.70. The van der Waals surface area contributed by atoms with Crippen LogP contribution >= 0.6 is 0 Å². The molecular formula is C20H32N4O2. The monoisotopic (exact) mass is 360 g/mol. The molecule has 0 aliphatic carbocycles. The average Bonchev–Trinajstić information content (AvgIpc) is 2.66. The van der Waals surface area contributed by atoms with Crippen LogP contribution in [0.25, 0.3) is 0 Å². The second-order valence-electron chi connectivity index (χ2n) is 6.94. The van der Waals surface area contributed by atoms with E-state index in [4.69, 9.17) is 4.74 Å². The molecule has 1 atom stereocenters. The maximum atomic E-state index is 12.5. The predicted octanol–water partition coefficient (Wildman–Crippen LogP) is 1.67. The van der Waals surface area contributed by atoms with Gasteiger partial charge in [0, 0.05) is 33.3 Å². The molecule has 0 aromatic heterocycles. The van der Waals surface area contributed by atoms with Crippen LogP contribution in [0.5, 0.6) is 0 Å². The third-order valence-electron chi connectivity index (χ3n) is 4.76. The Morgan fingerprint density at radius 3 is 2.62 bits per heavy atom. The van der Waals surface area contributed by atoms with Gasteiger partial charge in [-0.15, -0.1) is 0 Å². The lowest BCUT2D eigenvalue weighted by atomic mass is 9.90. The van der Waals surface area contributed by atoms with Crippen LogP contribution in [0.4, 0.5) is 0 Å². The molecule has 2 N–H and O–H groups in total. The SMILES string of the molecule is CN=C(NCC(=O)N1CCC(Cc2ccccc2)CC1)NC(C)COC. The van der Waals surface area contributed by atoms with Crippen molar-refractivity contribution in [3.63, 3.8) is 0 Å². The van der Waals surface area contributed by atoms with Crippen molar-refractivity contribution in [3.8, 4) is 0 Å². The Bertz CT molecular complexity index is 568. The van der Waals surface area contributed by atoms with Gasteiger partial charge < -0.3 is 20.3 Å². The van der Waals surface area contributed by atoms with E-state index in [1.54, 1.807) is 14.2 Å². The number of ether oxygens (including phenoxy) is 1. The Labute approximate surface area is 157 Å². The van der Waals surface area contributed by atoms with E-state index >= 15 is 0 Å². The molecule has 26 heavy (non-hydrogen) atoms. The predicted molar refractivity (Wildman–Crippen MR) is 105 cm³/mol. The smallest absolute Gasteiger partial charge is 0.241 e. The van der Waals surface area contributed by atoms with E-state index in [0.29, 0.717) is 18.5 Å². The number of methoxy groups -OCH3 is 1. The third-order valence-corrected chi connectivity index (χ3v) is 4.76. The summed E-state index contributed by atoms with van der Waals surface area (Å²) < 4.78 is 5.10. The van der Waals surface area contributed by atoms with Crippen LogP contribution in [-0.4, -0.2) is 63.2 Å². The van der Waals surface area contributed by atoms with Gasteiger partial charge in [0.15, 0.2) is 5.96 Å². The van der Waals surface area contributed by atoms with Crippen molar-refractivity contribution in [2.75, 3.05) is 40.4 Å². The first-order chi connectivity index (χ1) is 12.6. The summed E-state index contributed by atoms with van der Waals surface area (Å²) in [4.78, 5) is 18.6. The van der Waals surface area contributed by atoms with Gasteiger partial charge in [0.25, 0.3) is 0 Å². The molecule has 1 aliphatic heterocycles. The van der Waals surface area contributed by atoms with Gasteiger partial charge in [0.1, 0.15) is 0 Å². The van der Waals surface area contributed by atoms with Gasteiger partial charge in [0.05, 0.1) is 13.2 Å². The lowest BCUT2D eigenvalue weighted by Crippen LogP contribution is -2.49. The van der Waals surface area contributed by atoms with Crippen LogP contribution in [-0.2, 0) is 16.0 Å². The van der Waals surface area contributed by atoms with Crippen molar-refractivity contribution in [1.29, 1.82) is 0 Å². The highest BCUT2D eigenvalue weighted by atomic mass is 16.5. The highest BCUT2D eigenvalue weighted by molar-refractivity contribution is 5.86. The van der Waals surface area contributed by atoms with Gasteiger partial charge >= 0.3 is 0 Å². The second-order valence-corrected chi connectivity index (χ2v) is 6.94. The fourth-order valence-electron chi connectivity index (χ4n) is 3.32. The zero-order valence-corrected chi connectivity index (χ0v) is 16.2. The van der Waals surface area contributed by atoms with Crippen LogP contribution in [0.2, 0.25) is 0 Å². The standard InChI is InChI=1S/C20H32N4O2/c1-16(15-26-3)23-20(21-2)22-14-19(25)24-11-9-18(10-12-24)13-17-7-5-4-6-8-17/h4-8,16,18H,9-15H2,1-3H3,(H2,21,22,23). The summed E-state index contributed by atoms with van der Waals surface area (Å²) >= 11 is 0. The number of nitrogens with zero attached hydrogens (tertiary/aromatic N) is 2. The van der Waals surface area contributed by atoms with Crippen LogP contribution in [0, 0.1) is 5.92 Å². The number of guanidine groups is 1. The van der Waals surface area contributed by atoms with E-state index < -0.39 is 0 Å². The van der Waals surface area contributed by atoms with Crippen LogP contribution in [0.1, 0.15) is 25.3 Å². The molecule has 1 unspecified atom stereocenters. The number of likely N-dealkylation sites (tertiary alicyclic amines) is 1. The van der Waals surface area contributed by atoms with Crippen LogP contribution in [0.3, 0.4) is 0 Å². The minimum Gasteiger partial charge on any atom is -0.383 e. The van der Waals surface area contributed by atoms with Crippen molar-refractivity contribution in [2.45, 2.75) is 32.2 Å². The Kier molecular flexibility index (Phi) is 8.41. The van der Waals surface area contributed by atoms with E-state index in [1.165, 1.54) is 5.56 Å². The first kappa shape index (κ1) is 20.2.